The predicted molar refractivity (Wildman–Crippen MR) is 134 cm³/mol. The van der Waals surface area contributed by atoms with Crippen LogP contribution in [0.3, 0.4) is 0 Å². The zero-order chi connectivity index (χ0) is 22.4. The van der Waals surface area contributed by atoms with E-state index >= 15 is 0 Å². The van der Waals surface area contributed by atoms with Crippen LogP contribution in [0.15, 0.2) is 35.5 Å². The van der Waals surface area contributed by atoms with Crippen molar-refractivity contribution in [3.63, 3.8) is 0 Å². The summed E-state index contributed by atoms with van der Waals surface area (Å²) in [6.07, 6.45) is 10.5. The highest BCUT2D eigenvalue weighted by Crippen LogP contribution is 2.40. The highest BCUT2D eigenvalue weighted by molar-refractivity contribution is 7.98. The van der Waals surface area contributed by atoms with Crippen LogP contribution in [0.2, 0.25) is 0 Å². The second-order valence-corrected chi connectivity index (χ2v) is 10.3. The van der Waals surface area contributed by atoms with Gasteiger partial charge in [0, 0.05) is 29.6 Å². The van der Waals surface area contributed by atoms with Gasteiger partial charge in [-0.3, -0.25) is 0 Å². The lowest BCUT2D eigenvalue weighted by Crippen LogP contribution is -2.48. The summed E-state index contributed by atoms with van der Waals surface area (Å²) in [6.45, 7) is 0.924. The lowest BCUT2D eigenvalue weighted by Gasteiger charge is -2.37. The molecule has 1 unspecified atom stereocenters. The number of nitrogens with two attached hydrogens (primary N) is 1. The lowest BCUT2D eigenvalue weighted by molar-refractivity contribution is 0.409. The second-order valence-electron chi connectivity index (χ2n) is 9.47. The Bertz CT molecular complexity index is 1150. The van der Waals surface area contributed by atoms with Crippen molar-refractivity contribution in [2.75, 3.05) is 28.3 Å². The molecule has 3 aliphatic rings. The average molecular weight is 463 g/mol. The topological polar surface area (TPSA) is 105 Å². The molecule has 3 aromatic rings. The van der Waals surface area contributed by atoms with Gasteiger partial charge in [-0.1, -0.05) is 12.1 Å². The maximum atomic E-state index is 6.34. The van der Waals surface area contributed by atoms with Crippen molar-refractivity contribution in [1.82, 2.24) is 19.9 Å². The highest BCUT2D eigenvalue weighted by Gasteiger charge is 2.41. The summed E-state index contributed by atoms with van der Waals surface area (Å²) in [5.41, 5.74) is 8.87. The number of fused-ring (bicyclic) bond motifs is 3. The number of benzene rings is 1. The van der Waals surface area contributed by atoms with Gasteiger partial charge in [-0.25, -0.2) is 15.0 Å². The fraction of sp³-hybridized carbons (Fsp3) is 0.500. The van der Waals surface area contributed by atoms with Gasteiger partial charge in [-0.05, 0) is 62.8 Å². The maximum absolute atomic E-state index is 6.34. The van der Waals surface area contributed by atoms with Crippen LogP contribution in [-0.4, -0.2) is 50.9 Å². The molecule has 2 aliphatic heterocycles. The fourth-order valence-electron chi connectivity index (χ4n) is 5.25. The van der Waals surface area contributed by atoms with E-state index in [4.69, 9.17) is 15.7 Å². The summed E-state index contributed by atoms with van der Waals surface area (Å²) in [4.78, 5) is 22.8. The molecule has 1 aliphatic carbocycles. The molecule has 2 bridgehead atoms. The first-order chi connectivity index (χ1) is 16.2. The average Bonchev–Trinajstić information content (AvgIpc) is 3.61. The summed E-state index contributed by atoms with van der Waals surface area (Å²) in [7, 11) is 0. The number of hydrogen-bond acceptors (Lipinski definition) is 9. The number of hydrogen-bond donors (Lipinski definition) is 3. The van der Waals surface area contributed by atoms with Crippen molar-refractivity contribution in [2.24, 2.45) is 11.7 Å². The molecule has 3 atom stereocenters. The first kappa shape index (κ1) is 20.9. The van der Waals surface area contributed by atoms with Crippen molar-refractivity contribution in [3.8, 4) is 0 Å². The standard InChI is InChI=1S/C24H30N8S/c1-33-19-5-3-2-4-18(19)29-23-20-21(22(28-13-27-20)26-12-14-6-7-14)30-24(31-23)32-16-8-9-17(32)11-15(25)10-16/h2-5,13-17H,6-12,25H2,1H3,(H,26,27,28)(H,29,30,31)/t15?,16-,17+. The minimum Gasteiger partial charge on any atom is -0.368 e. The van der Waals surface area contributed by atoms with Gasteiger partial charge in [0.2, 0.25) is 5.95 Å². The van der Waals surface area contributed by atoms with E-state index in [1.807, 2.05) is 6.07 Å². The van der Waals surface area contributed by atoms with Gasteiger partial charge in [0.1, 0.15) is 17.4 Å². The summed E-state index contributed by atoms with van der Waals surface area (Å²) in [5.74, 6) is 3.01. The third-order valence-corrected chi connectivity index (χ3v) is 7.88. The van der Waals surface area contributed by atoms with Crippen LogP contribution in [0.25, 0.3) is 11.0 Å². The van der Waals surface area contributed by atoms with Crippen LogP contribution in [0.5, 0.6) is 0 Å². The largest absolute Gasteiger partial charge is 0.368 e. The van der Waals surface area contributed by atoms with E-state index in [-0.39, 0.29) is 6.04 Å². The zero-order valence-electron chi connectivity index (χ0n) is 18.9. The molecule has 4 heterocycles. The Morgan fingerprint density at radius 1 is 1.00 bits per heavy atom. The molecule has 1 saturated carbocycles. The molecule has 0 amide bonds. The number of anilines is 4. The highest BCUT2D eigenvalue weighted by atomic mass is 32.2. The summed E-state index contributed by atoms with van der Waals surface area (Å²) in [6, 6.07) is 9.35. The zero-order valence-corrected chi connectivity index (χ0v) is 19.7. The summed E-state index contributed by atoms with van der Waals surface area (Å²) < 4.78 is 0. The Balaban J connectivity index is 1.45. The molecule has 172 valence electrons. The van der Waals surface area contributed by atoms with Crippen LogP contribution in [0.1, 0.15) is 38.5 Å². The molecule has 3 fully saturated rings. The normalized spacial score (nSPS) is 24.3. The molecule has 4 N–H and O–H groups in total. The van der Waals surface area contributed by atoms with Gasteiger partial charge in [0.25, 0.3) is 0 Å². The van der Waals surface area contributed by atoms with Gasteiger partial charge < -0.3 is 21.3 Å². The Labute approximate surface area is 198 Å². The van der Waals surface area contributed by atoms with Crippen LogP contribution in [0.4, 0.5) is 23.3 Å². The van der Waals surface area contributed by atoms with E-state index in [1.54, 1.807) is 18.1 Å². The third kappa shape index (κ3) is 4.08. The number of thioether (sulfide) groups is 1. The van der Waals surface area contributed by atoms with Gasteiger partial charge in [0.15, 0.2) is 11.6 Å². The number of nitrogens with zero attached hydrogens (tertiary/aromatic N) is 5. The van der Waals surface area contributed by atoms with Crippen LogP contribution < -0.4 is 21.3 Å². The molecule has 2 aromatic heterocycles. The molecule has 9 heteroatoms. The van der Waals surface area contributed by atoms with Gasteiger partial charge in [-0.2, -0.15) is 4.98 Å². The minimum absolute atomic E-state index is 0.268. The van der Waals surface area contributed by atoms with Crippen molar-refractivity contribution in [2.45, 2.75) is 61.5 Å². The van der Waals surface area contributed by atoms with Gasteiger partial charge >= 0.3 is 0 Å². The SMILES string of the molecule is CSc1ccccc1Nc1nc(N2[C@@H]3CC[C@H]2CC(N)C3)nc2c(NCC3CC3)ncnc12. The number of nitrogens with one attached hydrogen (secondary N) is 2. The van der Waals surface area contributed by atoms with Crippen molar-refractivity contribution in [3.05, 3.63) is 30.6 Å². The molecular weight excluding hydrogens is 432 g/mol. The van der Waals surface area contributed by atoms with Crippen LogP contribution in [-0.2, 0) is 0 Å². The van der Waals surface area contributed by atoms with E-state index in [0.29, 0.717) is 12.1 Å². The first-order valence-electron chi connectivity index (χ1n) is 11.9. The number of rotatable bonds is 7. The Kier molecular flexibility index (Phi) is 5.46. The smallest absolute Gasteiger partial charge is 0.228 e. The second kappa shape index (κ2) is 8.61. The number of aromatic nitrogens is 4. The van der Waals surface area contributed by atoms with Gasteiger partial charge in [0.05, 0.1) is 5.69 Å². The third-order valence-electron chi connectivity index (χ3n) is 7.09. The molecular formula is C24H30N8S. The van der Waals surface area contributed by atoms with Crippen molar-refractivity contribution < 1.29 is 0 Å². The number of para-hydroxylation sites is 1. The monoisotopic (exact) mass is 462 g/mol. The quantitative estimate of drug-likeness (QED) is 0.446. The fourth-order valence-corrected chi connectivity index (χ4v) is 5.81. The lowest BCUT2D eigenvalue weighted by atomic mass is 9.99. The summed E-state index contributed by atoms with van der Waals surface area (Å²) >= 11 is 1.71. The number of piperidine rings is 1. The van der Waals surface area contributed by atoms with E-state index < -0.39 is 0 Å². The van der Waals surface area contributed by atoms with E-state index in [9.17, 15) is 0 Å². The summed E-state index contributed by atoms with van der Waals surface area (Å²) in [5, 5.41) is 7.09. The minimum atomic E-state index is 0.268. The Morgan fingerprint density at radius 2 is 1.79 bits per heavy atom. The molecule has 2 saturated heterocycles. The Hall–Kier alpha value is -2.65. The molecule has 33 heavy (non-hydrogen) atoms. The van der Waals surface area contributed by atoms with Crippen molar-refractivity contribution in [1.29, 1.82) is 0 Å². The molecule has 0 spiro atoms. The van der Waals surface area contributed by atoms with Crippen molar-refractivity contribution >= 4 is 46.1 Å². The molecule has 8 nitrogen and oxygen atoms in total. The molecule has 1 aromatic carbocycles. The van der Waals surface area contributed by atoms with E-state index in [2.05, 4.69) is 50.0 Å². The first-order valence-corrected chi connectivity index (χ1v) is 13.1. The maximum Gasteiger partial charge on any atom is 0.228 e. The van der Waals surface area contributed by atoms with Crippen LogP contribution in [0, 0.1) is 5.92 Å². The predicted octanol–water partition coefficient (Wildman–Crippen LogP) is 4.17. The van der Waals surface area contributed by atoms with E-state index in [0.717, 1.165) is 77.3 Å². The molecule has 6 rings (SSSR count). The van der Waals surface area contributed by atoms with Gasteiger partial charge in [-0.15, -0.1) is 11.8 Å². The van der Waals surface area contributed by atoms with Crippen LogP contribution >= 0.6 is 11.8 Å². The Morgan fingerprint density at radius 3 is 2.55 bits per heavy atom. The molecule has 0 radical (unpaired) electrons. The van der Waals surface area contributed by atoms with E-state index in [1.165, 1.54) is 12.8 Å².